The van der Waals surface area contributed by atoms with Gasteiger partial charge in [0.1, 0.15) is 0 Å². The molecule has 0 amide bonds. The monoisotopic (exact) mass is 1600 g/mol. The zero-order valence-electron chi connectivity index (χ0n) is 79.1. The van der Waals surface area contributed by atoms with Crippen LogP contribution in [-0.2, 0) is 5.41 Å². The Morgan fingerprint density at radius 1 is 0.298 bits per heavy atom. The van der Waals surface area contributed by atoms with E-state index in [9.17, 15) is 8.22 Å². The third-order valence-electron chi connectivity index (χ3n) is 33.0. The van der Waals surface area contributed by atoms with Gasteiger partial charge >= 0.3 is 0 Å². The standard InChI is InChI=1S/C114H125BN6/c1-112(2,3)76-64-87(72-36-14-10-15-37-72)110(88(65-76)73-38-16-11-17-39-73)120-103-70-79(116-97-54-32-26-48-85(97)107-99(116)56-34-58-101(107)118-93-50-28-22-44-81(93)82-45-23-29-51-94(82)118)60-62-91(103)115-92-63-61-80(117-98-55-33-27-49-86(98)108-100(117)57-35-59-102(108)119-95-52-30-24-46-83(95)84-47-25-31-53-96(84)119)71-104(92)121(106-69-78(114(7,8)9)68-105(120)109(106)115)111-89(74-40-18-12-19-41-74)66-77(113(4,5)6)67-90(111)75-42-20-13-21-43-75/h22-35,44-63,68-77,87-90,110-111H,10-21,36-43,64-67H2,1-9H3/i60D,61D,62D,63D,70D,71D. The number of hydrogen-bond acceptors (Lipinski definition) is 2. The number of anilines is 4. The topological polar surface area (TPSA) is 26.2 Å². The van der Waals surface area contributed by atoms with Gasteiger partial charge in [-0.25, -0.2) is 0 Å². The molecule has 0 N–H and O–H groups in total. The van der Waals surface area contributed by atoms with Crippen LogP contribution in [0.4, 0.5) is 22.7 Å². The fourth-order valence-corrected chi connectivity index (χ4v) is 27.1. The first-order valence-corrected chi connectivity index (χ1v) is 47.6. The van der Waals surface area contributed by atoms with Gasteiger partial charge in [-0.15, -0.1) is 0 Å². The molecule has 6 heterocycles. The maximum atomic E-state index is 12.4. The van der Waals surface area contributed by atoms with Crippen LogP contribution in [0.5, 0.6) is 0 Å². The first kappa shape index (κ1) is 69.8. The Bertz CT molecular complexity index is 6350. The third-order valence-corrected chi connectivity index (χ3v) is 33.0. The molecule has 23 rings (SSSR count). The summed E-state index contributed by atoms with van der Waals surface area (Å²) in [6.07, 6.45) is 28.3. The minimum atomic E-state index is -0.916. The summed E-state index contributed by atoms with van der Waals surface area (Å²) in [5, 5.41) is 8.77. The Labute approximate surface area is 727 Å². The Morgan fingerprint density at radius 3 is 0.893 bits per heavy atom. The Kier molecular flexibility index (Phi) is 17.0. The molecule has 0 spiro atoms. The Balaban J connectivity index is 0.870. The van der Waals surface area contributed by atoms with E-state index in [0.717, 1.165) is 120 Å². The second kappa shape index (κ2) is 29.5. The molecule has 11 aromatic carbocycles. The quantitative estimate of drug-likeness (QED) is 0.128. The van der Waals surface area contributed by atoms with E-state index in [0.29, 0.717) is 69.2 Å². The smallest absolute Gasteiger partial charge is 0.252 e. The second-order valence-corrected chi connectivity index (χ2v) is 42.4. The van der Waals surface area contributed by atoms with Crippen LogP contribution in [0.1, 0.15) is 230 Å². The van der Waals surface area contributed by atoms with Gasteiger partial charge < -0.3 is 28.1 Å². The van der Waals surface area contributed by atoms with Gasteiger partial charge in [0.2, 0.25) is 0 Å². The van der Waals surface area contributed by atoms with Gasteiger partial charge in [-0.1, -0.05) is 324 Å². The summed E-state index contributed by atoms with van der Waals surface area (Å²) in [6, 6.07) is 71.2. The SMILES string of the molecule is [2H]c1c([2H])c(-n2c3ccccc3c3c(-n4c5ccccc5c5ccccc54)cccc32)c([2H])c2c1B1c3c(cc(C(C)(C)C)cc3N(C3C(C4CCCCC4)CC(C(C)(C)C)CC3C3CCCCC3)c3c([2H])c(-n4c5ccccc5c5c(-n6c7ccccc7c7ccccc76)cccc54)c([2H])c([2H])c31)N2C1C(C2CCCCC2)CC(C(C)(C)C)CC1C1CCCCC1. The van der Waals surface area contributed by atoms with Gasteiger partial charge in [-0.05, 0) is 220 Å². The predicted octanol–water partition coefficient (Wildman–Crippen LogP) is 29.2. The lowest BCUT2D eigenvalue weighted by Gasteiger charge is -2.59. The van der Waals surface area contributed by atoms with Crippen molar-refractivity contribution in [3.63, 3.8) is 0 Å². The summed E-state index contributed by atoms with van der Waals surface area (Å²) in [7, 11) is 0. The Morgan fingerprint density at radius 2 is 0.587 bits per heavy atom. The number of rotatable bonds is 10. The molecule has 15 aromatic rings. The lowest BCUT2D eigenvalue weighted by atomic mass is 9.33. The normalized spacial score (nSPS) is 24.0. The van der Waals surface area contributed by atoms with Crippen LogP contribution in [0.25, 0.3) is 110 Å². The number of aromatic nitrogens is 4. The van der Waals surface area contributed by atoms with E-state index in [1.807, 2.05) is 0 Å². The maximum absolute atomic E-state index is 12.4. The van der Waals surface area contributed by atoms with Crippen LogP contribution in [0.2, 0.25) is 0 Å². The third kappa shape index (κ3) is 12.3. The molecule has 0 radical (unpaired) electrons. The van der Waals surface area contributed by atoms with Crippen molar-refractivity contribution in [2.75, 3.05) is 9.80 Å². The minimum absolute atomic E-state index is 0.0158. The molecule has 4 atom stereocenters. The van der Waals surface area contributed by atoms with Crippen LogP contribution in [0, 0.1) is 70.0 Å². The number of para-hydroxylation sites is 6. The van der Waals surface area contributed by atoms with E-state index in [1.165, 1.54) is 156 Å². The summed E-state index contributed by atoms with van der Waals surface area (Å²) in [5.74, 6) is 3.61. The number of hydrogen-bond donors (Lipinski definition) is 0. The average molecular weight is 1600 g/mol. The fourth-order valence-electron chi connectivity index (χ4n) is 27.1. The molecule has 4 unspecified atom stereocenters. The highest BCUT2D eigenvalue weighted by atomic mass is 15.2. The highest BCUT2D eigenvalue weighted by Crippen LogP contribution is 2.60. The molecule has 6 fully saturated rings. The molecule has 0 bridgehead atoms. The van der Waals surface area contributed by atoms with E-state index in [2.05, 4.69) is 285 Å². The van der Waals surface area contributed by atoms with Crippen molar-refractivity contribution in [1.82, 2.24) is 18.3 Å². The van der Waals surface area contributed by atoms with Crippen LogP contribution in [0.15, 0.2) is 230 Å². The highest BCUT2D eigenvalue weighted by molar-refractivity contribution is 7.00. The zero-order chi connectivity index (χ0) is 86.7. The average Bonchev–Trinajstić information content (AvgIpc) is 1.26. The van der Waals surface area contributed by atoms with Crippen LogP contribution in [0.3, 0.4) is 0 Å². The van der Waals surface area contributed by atoms with Gasteiger partial charge in [-0.2, -0.15) is 0 Å². The van der Waals surface area contributed by atoms with E-state index in [1.54, 1.807) is 0 Å². The van der Waals surface area contributed by atoms with Crippen molar-refractivity contribution < 1.29 is 8.22 Å². The number of nitrogens with zero attached hydrogens (tertiary/aromatic N) is 6. The van der Waals surface area contributed by atoms with Crippen LogP contribution >= 0.6 is 0 Å². The predicted molar refractivity (Wildman–Crippen MR) is 517 cm³/mol. The summed E-state index contributed by atoms with van der Waals surface area (Å²) in [5.41, 5.74) is 17.5. The lowest BCUT2D eigenvalue weighted by Crippen LogP contribution is -2.67. The highest BCUT2D eigenvalue weighted by Gasteiger charge is 2.57. The molecule has 121 heavy (non-hydrogen) atoms. The first-order valence-electron chi connectivity index (χ1n) is 50.6. The van der Waals surface area contributed by atoms with Crippen molar-refractivity contribution in [3.8, 4) is 22.7 Å². The molecule has 4 aromatic heterocycles. The molecule has 6 aliphatic carbocycles. The van der Waals surface area contributed by atoms with E-state index >= 15 is 0 Å². The van der Waals surface area contributed by atoms with E-state index in [-0.39, 0.29) is 82.8 Å². The molecule has 6 nitrogen and oxygen atoms in total. The van der Waals surface area contributed by atoms with Crippen LogP contribution in [-0.4, -0.2) is 37.1 Å². The Hall–Kier alpha value is -9.72. The maximum Gasteiger partial charge on any atom is 0.252 e. The molecule has 6 saturated carbocycles. The first-order chi connectivity index (χ1) is 61.5. The zero-order valence-corrected chi connectivity index (χ0v) is 73.1. The van der Waals surface area contributed by atoms with E-state index in [4.69, 9.17) is 0 Å². The van der Waals surface area contributed by atoms with E-state index < -0.39 is 12.1 Å². The summed E-state index contributed by atoms with van der Waals surface area (Å²) < 4.78 is 81.2. The lowest BCUT2D eigenvalue weighted by molar-refractivity contribution is 0.0144. The summed E-state index contributed by atoms with van der Waals surface area (Å²) in [4.78, 5) is 5.67. The molecule has 2 aliphatic heterocycles. The molecule has 7 heteroatoms. The van der Waals surface area contributed by atoms with Gasteiger partial charge in [-0.3, -0.25) is 0 Å². The number of benzene rings is 11. The molecule has 0 saturated heterocycles. The molecular weight excluding hydrogens is 1460 g/mol. The molecule has 8 aliphatic rings. The van der Waals surface area contributed by atoms with Gasteiger partial charge in [0.25, 0.3) is 6.71 Å². The van der Waals surface area contributed by atoms with Crippen molar-refractivity contribution in [2.24, 2.45) is 70.0 Å². The number of fused-ring (bicyclic) bond motifs is 16. The van der Waals surface area contributed by atoms with Gasteiger partial charge in [0.15, 0.2) is 0 Å². The minimum Gasteiger partial charge on any atom is -0.339 e. The van der Waals surface area contributed by atoms with Crippen molar-refractivity contribution >= 4 is 133 Å². The second-order valence-electron chi connectivity index (χ2n) is 42.4. The van der Waals surface area contributed by atoms with Crippen LogP contribution < -0.4 is 26.2 Å². The van der Waals surface area contributed by atoms with Crippen molar-refractivity contribution in [1.29, 1.82) is 0 Å². The molecular formula is C114H125BN6. The van der Waals surface area contributed by atoms with Crippen molar-refractivity contribution in [2.45, 2.75) is 234 Å². The van der Waals surface area contributed by atoms with Gasteiger partial charge in [0, 0.05) is 89.3 Å². The summed E-state index contributed by atoms with van der Waals surface area (Å²) in [6.45, 7) is 21.5. The fraction of sp³-hybridized carbons (Fsp3) is 0.421. The summed E-state index contributed by atoms with van der Waals surface area (Å²) >= 11 is 0. The largest absolute Gasteiger partial charge is 0.339 e. The molecule has 614 valence electrons. The van der Waals surface area contributed by atoms with Gasteiger partial charge in [0.05, 0.1) is 63.7 Å². The van der Waals surface area contributed by atoms with Crippen molar-refractivity contribution in [3.05, 3.63) is 236 Å².